The Morgan fingerprint density at radius 1 is 0.465 bits per heavy atom. The maximum atomic E-state index is 11.8. The van der Waals surface area contributed by atoms with Crippen molar-refractivity contribution in [2.75, 3.05) is 0 Å². The minimum absolute atomic E-state index is 0.109. The number of nitrogens with zero attached hydrogens (tertiary/aromatic N) is 4. The number of aromatic nitrogens is 2. The van der Waals surface area contributed by atoms with Crippen LogP contribution in [0.15, 0.2) is 134 Å². The van der Waals surface area contributed by atoms with Gasteiger partial charge in [0, 0.05) is 58.9 Å². The summed E-state index contributed by atoms with van der Waals surface area (Å²) in [6.45, 7) is 0. The van der Waals surface area contributed by atoms with Crippen LogP contribution in [0.3, 0.4) is 0 Å². The molecule has 0 bridgehead atoms. The molecule has 6 rings (SSSR count). The average molecular weight is 567 g/mol. The van der Waals surface area contributed by atoms with E-state index in [0.29, 0.717) is 45.1 Å². The van der Waals surface area contributed by atoms with E-state index in [1.54, 1.807) is 24.5 Å². The highest BCUT2D eigenvalue weighted by Gasteiger charge is 2.21. The molecule has 0 atom stereocenters. The van der Waals surface area contributed by atoms with E-state index >= 15 is 0 Å². The van der Waals surface area contributed by atoms with Crippen molar-refractivity contribution in [1.82, 2.24) is 9.97 Å². The predicted molar refractivity (Wildman–Crippen MR) is 164 cm³/mol. The van der Waals surface area contributed by atoms with Gasteiger partial charge in [-0.05, 0) is 47.5 Å². The average Bonchev–Trinajstić information content (AvgIpc) is 3.06. The summed E-state index contributed by atoms with van der Waals surface area (Å²) in [6, 6.07) is 34.7. The van der Waals surface area contributed by atoms with Crippen LogP contribution in [0, 0.1) is 20.2 Å². The van der Waals surface area contributed by atoms with Crippen LogP contribution in [0.2, 0.25) is 0 Å². The molecule has 4 aromatic carbocycles. The zero-order valence-electron chi connectivity index (χ0n) is 22.5. The van der Waals surface area contributed by atoms with E-state index in [4.69, 9.17) is 4.74 Å². The van der Waals surface area contributed by atoms with Crippen LogP contribution in [0.25, 0.3) is 44.8 Å². The lowest BCUT2D eigenvalue weighted by atomic mass is 9.95. The largest absolute Gasteiger partial charge is 0.456 e. The lowest BCUT2D eigenvalue weighted by Gasteiger charge is -2.18. The summed E-state index contributed by atoms with van der Waals surface area (Å²) in [5.41, 5.74) is 4.98. The van der Waals surface area contributed by atoms with E-state index in [9.17, 15) is 20.2 Å². The predicted octanol–water partition coefficient (Wildman–Crippen LogP) is 8.75. The van der Waals surface area contributed by atoms with Gasteiger partial charge in [0.2, 0.25) is 0 Å². The number of ether oxygens (including phenoxy) is 1. The molecule has 6 aromatic rings. The first-order valence-corrected chi connectivity index (χ1v) is 13.3. The molecule has 0 amide bonds. The number of nitro benzene ring substituents is 2. The molecule has 0 unspecified atom stereocenters. The Kier molecular flexibility index (Phi) is 7.35. The highest BCUT2D eigenvalue weighted by atomic mass is 16.6. The zero-order chi connectivity index (χ0) is 29.8. The van der Waals surface area contributed by atoms with Crippen LogP contribution >= 0.6 is 0 Å². The van der Waals surface area contributed by atoms with Gasteiger partial charge in [-0.3, -0.25) is 30.2 Å². The Labute approximate surface area is 246 Å². The van der Waals surface area contributed by atoms with Crippen LogP contribution in [-0.2, 0) is 0 Å². The highest BCUT2D eigenvalue weighted by Crippen LogP contribution is 2.44. The molecular weight excluding hydrogens is 544 g/mol. The van der Waals surface area contributed by atoms with E-state index in [1.807, 2.05) is 84.9 Å². The molecule has 9 heteroatoms. The van der Waals surface area contributed by atoms with E-state index < -0.39 is 9.85 Å². The first-order chi connectivity index (χ1) is 21.0. The molecule has 0 radical (unpaired) electrons. The summed E-state index contributed by atoms with van der Waals surface area (Å²) >= 11 is 0. The summed E-state index contributed by atoms with van der Waals surface area (Å²) in [4.78, 5) is 31.6. The third-order valence-corrected chi connectivity index (χ3v) is 6.88. The number of hydrogen-bond donors (Lipinski definition) is 0. The van der Waals surface area contributed by atoms with Gasteiger partial charge in [-0.1, -0.05) is 60.7 Å². The van der Waals surface area contributed by atoms with Gasteiger partial charge >= 0.3 is 0 Å². The Morgan fingerprint density at radius 3 is 1.23 bits per heavy atom. The summed E-state index contributed by atoms with van der Waals surface area (Å²) < 4.78 is 6.51. The van der Waals surface area contributed by atoms with E-state index in [1.165, 1.54) is 24.3 Å². The number of pyridine rings is 2. The third-order valence-electron chi connectivity index (χ3n) is 6.88. The molecule has 0 fully saturated rings. The van der Waals surface area contributed by atoms with Crippen molar-refractivity contribution >= 4 is 11.4 Å². The van der Waals surface area contributed by atoms with Crippen LogP contribution in [0.1, 0.15) is 0 Å². The Hall–Kier alpha value is -6.22. The fraction of sp³-hybridized carbons (Fsp3) is 0. The highest BCUT2D eigenvalue weighted by molar-refractivity contribution is 5.88. The molecule has 0 N–H and O–H groups in total. The van der Waals surface area contributed by atoms with E-state index in [-0.39, 0.29) is 11.4 Å². The Bertz CT molecular complexity index is 1820. The summed E-state index contributed by atoms with van der Waals surface area (Å²) in [5, 5.41) is 23.6. The van der Waals surface area contributed by atoms with Crippen molar-refractivity contribution < 1.29 is 14.6 Å². The number of nitro groups is 2. The summed E-state index contributed by atoms with van der Waals surface area (Å²) in [6.07, 6.45) is 3.36. The number of non-ortho nitro benzene ring substituents is 2. The van der Waals surface area contributed by atoms with Gasteiger partial charge in [0.15, 0.2) is 0 Å². The Balaban J connectivity index is 1.54. The SMILES string of the molecule is O=[N+]([O-])c1ccc(Oc2ccc([N+](=O)[O-])cc2-c2ccccc2-c2ccccn2)c(-c2ccccc2-c2ccccn2)c1. The van der Waals surface area contributed by atoms with Crippen molar-refractivity contribution in [1.29, 1.82) is 0 Å². The monoisotopic (exact) mass is 566 g/mol. The molecule has 208 valence electrons. The maximum Gasteiger partial charge on any atom is 0.270 e. The van der Waals surface area contributed by atoms with Crippen LogP contribution in [0.4, 0.5) is 11.4 Å². The second kappa shape index (κ2) is 11.7. The molecule has 43 heavy (non-hydrogen) atoms. The minimum atomic E-state index is -0.461. The van der Waals surface area contributed by atoms with Crippen molar-refractivity contribution in [3.05, 3.63) is 154 Å². The molecule has 0 aliphatic heterocycles. The third kappa shape index (κ3) is 5.55. The molecule has 2 aromatic heterocycles. The van der Waals surface area contributed by atoms with Gasteiger partial charge in [0.05, 0.1) is 21.2 Å². The van der Waals surface area contributed by atoms with Crippen LogP contribution in [0.5, 0.6) is 11.5 Å². The standard InChI is InChI=1S/C34H22N4O5/c39-37(40)23-15-17-33(29(21-23)25-9-1-3-11-27(25)31-13-5-7-19-35-31)43-34-18-16-24(38(41)42)22-30(34)26-10-2-4-12-28(26)32-14-6-8-20-36-32/h1-22H. The first-order valence-electron chi connectivity index (χ1n) is 13.3. The molecule has 9 nitrogen and oxygen atoms in total. The molecule has 0 aliphatic rings. The molecule has 0 aliphatic carbocycles. The lowest BCUT2D eigenvalue weighted by molar-refractivity contribution is -0.385. The fourth-order valence-electron chi connectivity index (χ4n) is 4.91. The van der Waals surface area contributed by atoms with Crippen molar-refractivity contribution in [2.24, 2.45) is 0 Å². The topological polar surface area (TPSA) is 121 Å². The zero-order valence-corrected chi connectivity index (χ0v) is 22.5. The smallest absolute Gasteiger partial charge is 0.270 e. The second-order valence-corrected chi connectivity index (χ2v) is 9.50. The van der Waals surface area contributed by atoms with Gasteiger partial charge in [0.25, 0.3) is 11.4 Å². The van der Waals surface area contributed by atoms with Crippen LogP contribution < -0.4 is 4.74 Å². The molecule has 0 saturated carbocycles. The van der Waals surface area contributed by atoms with Crippen molar-refractivity contribution in [2.45, 2.75) is 0 Å². The van der Waals surface area contributed by atoms with Gasteiger partial charge in [-0.25, -0.2) is 0 Å². The molecule has 0 saturated heterocycles. The number of benzene rings is 4. The van der Waals surface area contributed by atoms with Gasteiger partial charge in [-0.2, -0.15) is 0 Å². The first kappa shape index (κ1) is 27.0. The molecule has 0 spiro atoms. The van der Waals surface area contributed by atoms with Crippen molar-refractivity contribution in [3.8, 4) is 56.3 Å². The molecule has 2 heterocycles. The minimum Gasteiger partial charge on any atom is -0.456 e. The number of rotatable bonds is 8. The Morgan fingerprint density at radius 2 is 0.860 bits per heavy atom. The van der Waals surface area contributed by atoms with E-state index in [0.717, 1.165) is 11.1 Å². The lowest BCUT2D eigenvalue weighted by Crippen LogP contribution is -1.97. The van der Waals surface area contributed by atoms with Crippen LogP contribution in [-0.4, -0.2) is 19.8 Å². The van der Waals surface area contributed by atoms with Gasteiger partial charge in [0.1, 0.15) is 11.5 Å². The normalized spacial score (nSPS) is 10.7. The number of hydrogen-bond acceptors (Lipinski definition) is 7. The second-order valence-electron chi connectivity index (χ2n) is 9.50. The summed E-state index contributed by atoms with van der Waals surface area (Å²) in [7, 11) is 0. The van der Waals surface area contributed by atoms with Gasteiger partial charge in [-0.15, -0.1) is 0 Å². The maximum absolute atomic E-state index is 11.8. The van der Waals surface area contributed by atoms with Gasteiger partial charge < -0.3 is 4.74 Å². The van der Waals surface area contributed by atoms with Crippen molar-refractivity contribution in [3.63, 3.8) is 0 Å². The summed E-state index contributed by atoms with van der Waals surface area (Å²) in [5.74, 6) is 0.666. The van der Waals surface area contributed by atoms with E-state index in [2.05, 4.69) is 9.97 Å². The molecular formula is C34H22N4O5. The quantitative estimate of drug-likeness (QED) is 0.133. The fourth-order valence-corrected chi connectivity index (χ4v) is 4.91.